The number of rotatable bonds is 2. The van der Waals surface area contributed by atoms with Crippen LogP contribution in [0.15, 0.2) is 45.3 Å². The molecule has 0 aliphatic heterocycles. The lowest BCUT2D eigenvalue weighted by Gasteiger charge is -2.10. The van der Waals surface area contributed by atoms with E-state index in [1.807, 2.05) is 25.1 Å². The zero-order valence-electron chi connectivity index (χ0n) is 10.2. The quantitative estimate of drug-likeness (QED) is 0.757. The highest BCUT2D eigenvalue weighted by molar-refractivity contribution is 9.10. The van der Waals surface area contributed by atoms with Crippen molar-refractivity contribution in [1.82, 2.24) is 0 Å². The van der Waals surface area contributed by atoms with E-state index in [-0.39, 0.29) is 5.91 Å². The summed E-state index contributed by atoms with van der Waals surface area (Å²) in [5.41, 5.74) is 8.61. The van der Waals surface area contributed by atoms with Gasteiger partial charge in [-0.25, -0.2) is 0 Å². The van der Waals surface area contributed by atoms with E-state index < -0.39 is 0 Å². The van der Waals surface area contributed by atoms with Crippen LogP contribution in [0.4, 0.5) is 11.4 Å². The lowest BCUT2D eigenvalue weighted by Crippen LogP contribution is -2.13. The van der Waals surface area contributed by atoms with Crippen LogP contribution in [0.25, 0.3) is 0 Å². The molecule has 1 amide bonds. The first-order valence-corrected chi connectivity index (χ1v) is 7.19. The maximum Gasteiger partial charge on any atom is 0.255 e. The molecule has 0 saturated heterocycles. The number of anilines is 2. The molecule has 0 heterocycles. The van der Waals surface area contributed by atoms with Gasteiger partial charge in [0.2, 0.25) is 0 Å². The Labute approximate surface area is 128 Å². The van der Waals surface area contributed by atoms with Crippen LogP contribution < -0.4 is 11.1 Å². The van der Waals surface area contributed by atoms with Crippen molar-refractivity contribution < 1.29 is 4.79 Å². The first kappa shape index (κ1) is 14.1. The third-order valence-corrected chi connectivity index (χ3v) is 4.36. The molecule has 5 heteroatoms. The number of hydrogen-bond donors (Lipinski definition) is 2. The van der Waals surface area contributed by atoms with Crippen LogP contribution in [-0.4, -0.2) is 5.91 Å². The molecular formula is C14H12Br2N2O. The zero-order valence-corrected chi connectivity index (χ0v) is 13.4. The fourth-order valence-corrected chi connectivity index (χ4v) is 2.24. The third-order valence-electron chi connectivity index (χ3n) is 2.77. The molecule has 0 radical (unpaired) electrons. The average molecular weight is 384 g/mol. The van der Waals surface area contributed by atoms with Crippen molar-refractivity contribution in [3.63, 3.8) is 0 Å². The van der Waals surface area contributed by atoms with Gasteiger partial charge < -0.3 is 11.1 Å². The molecule has 0 aliphatic rings. The van der Waals surface area contributed by atoms with Crippen molar-refractivity contribution in [2.24, 2.45) is 0 Å². The minimum atomic E-state index is -0.180. The van der Waals surface area contributed by atoms with E-state index in [2.05, 4.69) is 37.2 Å². The summed E-state index contributed by atoms with van der Waals surface area (Å²) >= 11 is 6.74. The molecule has 0 spiro atoms. The molecule has 0 aliphatic carbocycles. The van der Waals surface area contributed by atoms with Gasteiger partial charge in [-0.15, -0.1) is 0 Å². The minimum absolute atomic E-state index is 0.180. The van der Waals surface area contributed by atoms with E-state index in [1.54, 1.807) is 18.2 Å². The van der Waals surface area contributed by atoms with E-state index in [0.29, 0.717) is 11.3 Å². The number of amides is 1. The summed E-state index contributed by atoms with van der Waals surface area (Å²) in [5.74, 6) is -0.180. The lowest BCUT2D eigenvalue weighted by molar-refractivity contribution is 0.102. The largest absolute Gasteiger partial charge is 0.398 e. The van der Waals surface area contributed by atoms with E-state index in [1.165, 1.54) is 0 Å². The number of nitrogen functional groups attached to an aromatic ring is 1. The molecule has 0 atom stereocenters. The normalized spacial score (nSPS) is 10.3. The molecule has 2 aromatic carbocycles. The molecule has 19 heavy (non-hydrogen) atoms. The topological polar surface area (TPSA) is 55.1 Å². The highest BCUT2D eigenvalue weighted by Crippen LogP contribution is 2.25. The van der Waals surface area contributed by atoms with Crippen LogP contribution >= 0.6 is 31.9 Å². The molecule has 3 N–H and O–H groups in total. The summed E-state index contributed by atoms with van der Waals surface area (Å²) in [7, 11) is 0. The predicted molar refractivity (Wildman–Crippen MR) is 85.4 cm³/mol. The number of nitrogens with two attached hydrogens (primary N) is 1. The zero-order chi connectivity index (χ0) is 14.0. The summed E-state index contributed by atoms with van der Waals surface area (Å²) < 4.78 is 1.74. The van der Waals surface area contributed by atoms with Gasteiger partial charge in [-0.05, 0) is 58.7 Å². The predicted octanol–water partition coefficient (Wildman–Crippen LogP) is 4.35. The minimum Gasteiger partial charge on any atom is -0.398 e. The molecule has 0 aromatic heterocycles. The molecule has 3 nitrogen and oxygen atoms in total. The van der Waals surface area contributed by atoms with Crippen molar-refractivity contribution in [1.29, 1.82) is 0 Å². The molecule has 98 valence electrons. The van der Waals surface area contributed by atoms with Gasteiger partial charge in [0.15, 0.2) is 0 Å². The Hall–Kier alpha value is -1.33. The average Bonchev–Trinajstić information content (AvgIpc) is 2.38. The summed E-state index contributed by atoms with van der Waals surface area (Å²) in [6.07, 6.45) is 0. The Balaban J connectivity index is 2.26. The van der Waals surface area contributed by atoms with Crippen LogP contribution in [0.1, 0.15) is 15.9 Å². The highest BCUT2D eigenvalue weighted by Gasteiger charge is 2.10. The van der Waals surface area contributed by atoms with Gasteiger partial charge in [0.05, 0.1) is 0 Å². The van der Waals surface area contributed by atoms with Crippen molar-refractivity contribution in [3.8, 4) is 0 Å². The van der Waals surface area contributed by atoms with Gasteiger partial charge in [0, 0.05) is 25.9 Å². The van der Waals surface area contributed by atoms with Gasteiger partial charge in [-0.2, -0.15) is 0 Å². The number of carbonyl (C=O) groups is 1. The maximum absolute atomic E-state index is 12.1. The summed E-state index contributed by atoms with van der Waals surface area (Å²) in [5, 5.41) is 2.87. The number of benzene rings is 2. The highest BCUT2D eigenvalue weighted by atomic mass is 79.9. The van der Waals surface area contributed by atoms with E-state index >= 15 is 0 Å². The molecule has 0 unspecified atom stereocenters. The van der Waals surface area contributed by atoms with E-state index in [4.69, 9.17) is 5.73 Å². The number of hydrogen-bond acceptors (Lipinski definition) is 2. The van der Waals surface area contributed by atoms with Crippen LogP contribution in [0.3, 0.4) is 0 Å². The van der Waals surface area contributed by atoms with Gasteiger partial charge in [-0.1, -0.05) is 22.0 Å². The van der Waals surface area contributed by atoms with Crippen LogP contribution in [-0.2, 0) is 0 Å². The Kier molecular flexibility index (Phi) is 4.27. The number of halogens is 2. The van der Waals surface area contributed by atoms with Crippen LogP contribution in [0.2, 0.25) is 0 Å². The van der Waals surface area contributed by atoms with Gasteiger partial charge in [0.25, 0.3) is 5.91 Å². The second-order valence-corrected chi connectivity index (χ2v) is 5.81. The van der Waals surface area contributed by atoms with Gasteiger partial charge in [-0.3, -0.25) is 4.79 Å². The van der Waals surface area contributed by atoms with Crippen molar-refractivity contribution >= 4 is 49.1 Å². The number of carbonyl (C=O) groups excluding carboxylic acids is 1. The monoisotopic (exact) mass is 382 g/mol. The molecule has 0 fully saturated rings. The number of nitrogens with one attached hydrogen (secondary N) is 1. The summed E-state index contributed by atoms with van der Waals surface area (Å²) in [6.45, 7) is 1.94. The first-order chi connectivity index (χ1) is 8.99. The van der Waals surface area contributed by atoms with Crippen LogP contribution in [0, 0.1) is 6.92 Å². The fraction of sp³-hybridized carbons (Fsp3) is 0.0714. The molecule has 0 saturated carbocycles. The Morgan fingerprint density at radius 1 is 1.16 bits per heavy atom. The second kappa shape index (κ2) is 5.75. The van der Waals surface area contributed by atoms with E-state index in [0.717, 1.165) is 20.2 Å². The third kappa shape index (κ3) is 3.16. The standard InChI is InChI=1S/C14H12Br2N2O/c1-8-10(15)3-2-4-13(8)18-14(19)9-5-6-11(16)12(17)7-9/h2-7H,17H2,1H3,(H,18,19). The maximum atomic E-state index is 12.1. The molecule has 0 bridgehead atoms. The van der Waals surface area contributed by atoms with Gasteiger partial charge in [0.1, 0.15) is 0 Å². The van der Waals surface area contributed by atoms with E-state index in [9.17, 15) is 4.79 Å². The molecular weight excluding hydrogens is 372 g/mol. The van der Waals surface area contributed by atoms with Crippen molar-refractivity contribution in [2.45, 2.75) is 6.92 Å². The Morgan fingerprint density at radius 3 is 2.58 bits per heavy atom. The molecule has 2 rings (SSSR count). The molecule has 2 aromatic rings. The smallest absolute Gasteiger partial charge is 0.255 e. The second-order valence-electron chi connectivity index (χ2n) is 4.10. The van der Waals surface area contributed by atoms with Gasteiger partial charge >= 0.3 is 0 Å². The Morgan fingerprint density at radius 2 is 1.89 bits per heavy atom. The fourth-order valence-electron chi connectivity index (χ4n) is 1.62. The van der Waals surface area contributed by atoms with Crippen molar-refractivity contribution in [3.05, 3.63) is 56.5 Å². The van der Waals surface area contributed by atoms with Crippen molar-refractivity contribution in [2.75, 3.05) is 11.1 Å². The lowest BCUT2D eigenvalue weighted by atomic mass is 10.1. The van der Waals surface area contributed by atoms with Crippen LogP contribution in [0.5, 0.6) is 0 Å². The summed E-state index contributed by atoms with van der Waals surface area (Å²) in [6, 6.07) is 10.8. The SMILES string of the molecule is Cc1c(Br)cccc1NC(=O)c1ccc(Br)c(N)c1. The Bertz CT molecular complexity index is 641. The first-order valence-electron chi connectivity index (χ1n) is 5.60. The summed E-state index contributed by atoms with van der Waals surface area (Å²) in [4.78, 5) is 12.1.